The van der Waals surface area contributed by atoms with Crippen LogP contribution in [0.1, 0.15) is 201 Å². The van der Waals surface area contributed by atoms with E-state index in [1.807, 2.05) is 85.1 Å². The zero-order valence-corrected chi connectivity index (χ0v) is 39.1. The Hall–Kier alpha value is -3.93. The standard InChI is InChI=1S/C55H88O6/c1-4-7-10-13-16-19-22-25-27-30-33-36-39-42-45-48-54(57)60-51-52(50-59-53(56)47-44-41-38-35-32-29-24-21-18-15-12-9-6-3)61-55(58)49-46-43-40-37-34-31-28-26-23-20-17-14-11-8-5-2/h7,9-10,12-13,15-16,18-19,21-22,24-25,27,29-30,32-33,52H,4-6,8,11,14,17,20,23,26,28,31,34-51H2,1-3H3/b10-7-,12-9-,16-13-,18-15-,22-19-,24-21-,27-25-,32-29-,33-30-. The molecule has 6 heteroatoms. The van der Waals surface area contributed by atoms with Crippen molar-refractivity contribution in [2.75, 3.05) is 13.2 Å². The van der Waals surface area contributed by atoms with E-state index in [2.05, 4.69) is 45.1 Å². The Morgan fingerprint density at radius 3 is 1.00 bits per heavy atom. The fraction of sp³-hybridized carbons (Fsp3) is 0.618. The van der Waals surface area contributed by atoms with E-state index in [-0.39, 0.29) is 31.1 Å². The number of esters is 3. The highest BCUT2D eigenvalue weighted by molar-refractivity contribution is 5.71. The largest absolute Gasteiger partial charge is 0.462 e. The fourth-order valence-electron chi connectivity index (χ4n) is 6.35. The highest BCUT2D eigenvalue weighted by atomic mass is 16.6. The van der Waals surface area contributed by atoms with Gasteiger partial charge in [0.15, 0.2) is 6.10 Å². The molecular weight excluding hydrogens is 757 g/mol. The van der Waals surface area contributed by atoms with E-state index in [4.69, 9.17) is 14.2 Å². The van der Waals surface area contributed by atoms with Crippen molar-refractivity contribution in [3.8, 4) is 0 Å². The molecule has 1 unspecified atom stereocenters. The summed E-state index contributed by atoms with van der Waals surface area (Å²) in [6.07, 6.45) is 65.0. The Morgan fingerprint density at radius 1 is 0.344 bits per heavy atom. The van der Waals surface area contributed by atoms with Crippen molar-refractivity contribution < 1.29 is 28.6 Å². The topological polar surface area (TPSA) is 78.9 Å². The van der Waals surface area contributed by atoms with Crippen LogP contribution in [0.25, 0.3) is 0 Å². The first-order chi connectivity index (χ1) is 30.0. The number of carbonyl (C=O) groups excluding carboxylic acids is 3. The number of hydrogen-bond donors (Lipinski definition) is 0. The van der Waals surface area contributed by atoms with Crippen molar-refractivity contribution in [3.63, 3.8) is 0 Å². The highest BCUT2D eigenvalue weighted by Crippen LogP contribution is 2.15. The Labute approximate surface area is 374 Å². The molecule has 0 aromatic rings. The lowest BCUT2D eigenvalue weighted by Crippen LogP contribution is -2.30. The van der Waals surface area contributed by atoms with Crippen LogP contribution in [0.15, 0.2) is 109 Å². The number of carbonyl (C=O) groups is 3. The number of ether oxygens (including phenoxy) is 3. The average molecular weight is 845 g/mol. The summed E-state index contributed by atoms with van der Waals surface area (Å²) in [7, 11) is 0. The van der Waals surface area contributed by atoms with E-state index >= 15 is 0 Å². The van der Waals surface area contributed by atoms with Gasteiger partial charge in [-0.2, -0.15) is 0 Å². The molecule has 0 heterocycles. The van der Waals surface area contributed by atoms with Crippen LogP contribution < -0.4 is 0 Å². The van der Waals surface area contributed by atoms with Gasteiger partial charge in [-0.1, -0.05) is 233 Å². The first-order valence-electron chi connectivity index (χ1n) is 24.5. The minimum Gasteiger partial charge on any atom is -0.462 e. The molecule has 0 aliphatic carbocycles. The third kappa shape index (κ3) is 47.0. The average Bonchev–Trinajstić information content (AvgIpc) is 3.26. The summed E-state index contributed by atoms with van der Waals surface area (Å²) >= 11 is 0. The summed E-state index contributed by atoms with van der Waals surface area (Å²) in [6, 6.07) is 0. The van der Waals surface area contributed by atoms with Crippen molar-refractivity contribution in [1.29, 1.82) is 0 Å². The fourth-order valence-corrected chi connectivity index (χ4v) is 6.35. The van der Waals surface area contributed by atoms with Gasteiger partial charge >= 0.3 is 17.9 Å². The molecule has 6 nitrogen and oxygen atoms in total. The zero-order valence-electron chi connectivity index (χ0n) is 39.1. The second-order valence-corrected chi connectivity index (χ2v) is 15.8. The van der Waals surface area contributed by atoms with Gasteiger partial charge in [0.05, 0.1) is 0 Å². The van der Waals surface area contributed by atoms with E-state index < -0.39 is 6.10 Å². The molecule has 1 atom stereocenters. The van der Waals surface area contributed by atoms with Gasteiger partial charge in [-0.15, -0.1) is 0 Å². The van der Waals surface area contributed by atoms with Crippen LogP contribution >= 0.6 is 0 Å². The molecule has 0 aliphatic rings. The summed E-state index contributed by atoms with van der Waals surface area (Å²) in [5, 5.41) is 0. The lowest BCUT2D eigenvalue weighted by atomic mass is 10.0. The normalized spacial score (nSPS) is 13.0. The quantitative estimate of drug-likeness (QED) is 0.0264. The van der Waals surface area contributed by atoms with E-state index in [0.717, 1.165) is 83.5 Å². The van der Waals surface area contributed by atoms with Gasteiger partial charge in [0.2, 0.25) is 0 Å². The molecule has 0 spiro atoms. The van der Waals surface area contributed by atoms with Crippen molar-refractivity contribution in [2.45, 2.75) is 207 Å². The minimum atomic E-state index is -0.811. The smallest absolute Gasteiger partial charge is 0.306 e. The molecule has 0 rings (SSSR count). The van der Waals surface area contributed by atoms with Crippen molar-refractivity contribution >= 4 is 17.9 Å². The van der Waals surface area contributed by atoms with E-state index in [1.165, 1.54) is 77.0 Å². The molecule has 0 aromatic carbocycles. The lowest BCUT2D eigenvalue weighted by Gasteiger charge is -2.18. The Balaban J connectivity index is 4.53. The van der Waals surface area contributed by atoms with Crippen LogP contribution in [-0.2, 0) is 28.6 Å². The summed E-state index contributed by atoms with van der Waals surface area (Å²) in [5.41, 5.74) is 0. The summed E-state index contributed by atoms with van der Waals surface area (Å²) < 4.78 is 16.7. The van der Waals surface area contributed by atoms with Gasteiger partial charge in [-0.3, -0.25) is 14.4 Å². The van der Waals surface area contributed by atoms with E-state index in [1.54, 1.807) is 0 Å². The van der Waals surface area contributed by atoms with Gasteiger partial charge < -0.3 is 14.2 Å². The molecule has 0 saturated carbocycles. The highest BCUT2D eigenvalue weighted by Gasteiger charge is 2.19. The maximum atomic E-state index is 12.8. The molecular formula is C55H88O6. The first kappa shape index (κ1) is 57.1. The third-order valence-corrected chi connectivity index (χ3v) is 10.00. The number of allylic oxidation sites excluding steroid dienone is 18. The Kier molecular flexibility index (Phi) is 45.6. The summed E-state index contributed by atoms with van der Waals surface area (Å²) in [6.45, 7) is 6.27. The number of unbranched alkanes of at least 4 members (excludes halogenated alkanes) is 20. The molecule has 0 radical (unpaired) electrons. The number of rotatable bonds is 42. The molecule has 0 aliphatic heterocycles. The van der Waals surface area contributed by atoms with Crippen LogP contribution in [-0.4, -0.2) is 37.2 Å². The van der Waals surface area contributed by atoms with Crippen LogP contribution in [0.3, 0.4) is 0 Å². The second-order valence-electron chi connectivity index (χ2n) is 15.8. The first-order valence-corrected chi connectivity index (χ1v) is 24.5. The van der Waals surface area contributed by atoms with Gasteiger partial charge in [0, 0.05) is 19.3 Å². The maximum absolute atomic E-state index is 12.8. The minimum absolute atomic E-state index is 0.113. The third-order valence-electron chi connectivity index (χ3n) is 10.00. The van der Waals surface area contributed by atoms with E-state index in [9.17, 15) is 14.4 Å². The molecule has 0 aromatic heterocycles. The Bertz CT molecular complexity index is 1290. The van der Waals surface area contributed by atoms with Crippen molar-refractivity contribution in [2.24, 2.45) is 0 Å². The summed E-state index contributed by atoms with van der Waals surface area (Å²) in [5.74, 6) is -0.996. The summed E-state index contributed by atoms with van der Waals surface area (Å²) in [4.78, 5) is 37.9. The molecule has 0 saturated heterocycles. The van der Waals surface area contributed by atoms with Crippen LogP contribution in [0.2, 0.25) is 0 Å². The van der Waals surface area contributed by atoms with Crippen molar-refractivity contribution in [3.05, 3.63) is 109 Å². The van der Waals surface area contributed by atoms with Gasteiger partial charge in [-0.05, 0) is 57.8 Å². The van der Waals surface area contributed by atoms with Gasteiger partial charge in [0.1, 0.15) is 13.2 Å². The van der Waals surface area contributed by atoms with E-state index in [0.29, 0.717) is 19.3 Å². The molecule has 0 fully saturated rings. The van der Waals surface area contributed by atoms with Crippen molar-refractivity contribution in [1.82, 2.24) is 0 Å². The number of hydrogen-bond acceptors (Lipinski definition) is 6. The zero-order chi connectivity index (χ0) is 44.4. The second kappa shape index (κ2) is 48.7. The molecule has 61 heavy (non-hydrogen) atoms. The lowest BCUT2D eigenvalue weighted by molar-refractivity contribution is -0.167. The predicted molar refractivity (Wildman–Crippen MR) is 260 cm³/mol. The SMILES string of the molecule is CC\C=C/C=C\C=C/C=C\C=C/CCCCCC(=O)OCC(COC(=O)CCCCC\C=C/C=C\C=C/C=C\CC)OC(=O)CCCCCCCCCCCCCCCCC. The van der Waals surface area contributed by atoms with Gasteiger partial charge in [0.25, 0.3) is 0 Å². The molecule has 0 bridgehead atoms. The maximum Gasteiger partial charge on any atom is 0.306 e. The van der Waals surface area contributed by atoms with Crippen LogP contribution in [0, 0.1) is 0 Å². The van der Waals surface area contributed by atoms with Crippen LogP contribution in [0.4, 0.5) is 0 Å². The Morgan fingerprint density at radius 2 is 0.639 bits per heavy atom. The molecule has 0 N–H and O–H groups in total. The van der Waals surface area contributed by atoms with Gasteiger partial charge in [-0.25, -0.2) is 0 Å². The monoisotopic (exact) mass is 845 g/mol. The molecule has 0 amide bonds. The molecule has 344 valence electrons. The van der Waals surface area contributed by atoms with Crippen LogP contribution in [0.5, 0.6) is 0 Å². The predicted octanol–water partition coefficient (Wildman–Crippen LogP) is 16.0.